The molecule has 1 amide bonds. The fourth-order valence-electron chi connectivity index (χ4n) is 9.84. The van der Waals surface area contributed by atoms with Gasteiger partial charge in [-0.2, -0.15) is 5.26 Å². The van der Waals surface area contributed by atoms with Gasteiger partial charge in [-0.05, 0) is 86.5 Å². The van der Waals surface area contributed by atoms with Crippen LogP contribution in [0.5, 0.6) is 0 Å². The minimum Gasteiger partial charge on any atom is -0.453 e. The van der Waals surface area contributed by atoms with Gasteiger partial charge in [-0.25, -0.2) is 4.79 Å². The van der Waals surface area contributed by atoms with Crippen LogP contribution in [-0.2, 0) is 19.1 Å². The Hall–Kier alpha value is -2.20. The largest absolute Gasteiger partial charge is 0.453 e. The zero-order valence-corrected chi connectivity index (χ0v) is 26.0. The summed E-state index contributed by atoms with van der Waals surface area (Å²) in [5.41, 5.74) is -2.81. The molecule has 0 aromatic heterocycles. The Morgan fingerprint density at radius 3 is 2.25 bits per heavy atom. The van der Waals surface area contributed by atoms with E-state index in [0.29, 0.717) is 0 Å². The number of epoxide rings is 1. The fraction of sp³-hybridized carbons (Fsp3) is 0.818. The van der Waals surface area contributed by atoms with Gasteiger partial charge >= 0.3 is 6.09 Å². The molecule has 0 aromatic carbocycles. The summed E-state index contributed by atoms with van der Waals surface area (Å²) in [6.07, 6.45) is 7.71. The van der Waals surface area contributed by atoms with E-state index in [1.165, 1.54) is 7.11 Å². The SMILES string of the molecule is COC(=O)N[C@@]1(C)CCC(C)(C)CCC2C(=O)C=C3[C@@]4(C)[C@H]5O[C@@]5(C#N)C(=O)C(C)(C)[C@@H]4CC[C@@]3(C)[C@]2(C)CC1. The van der Waals surface area contributed by atoms with Crippen LogP contribution in [0.1, 0.15) is 107 Å². The molecule has 3 saturated carbocycles. The second kappa shape index (κ2) is 8.66. The van der Waals surface area contributed by atoms with Crippen molar-refractivity contribution in [2.75, 3.05) is 7.11 Å². The zero-order valence-electron chi connectivity index (χ0n) is 26.0. The van der Waals surface area contributed by atoms with Gasteiger partial charge in [0.1, 0.15) is 12.2 Å². The van der Waals surface area contributed by atoms with E-state index in [4.69, 9.17) is 9.47 Å². The quantitative estimate of drug-likeness (QED) is 0.382. The van der Waals surface area contributed by atoms with E-state index >= 15 is 0 Å². The highest BCUT2D eigenvalue weighted by atomic mass is 16.6. The lowest BCUT2D eigenvalue weighted by atomic mass is 9.37. The maximum Gasteiger partial charge on any atom is 0.407 e. The number of amides is 1. The summed E-state index contributed by atoms with van der Waals surface area (Å²) in [7, 11) is 1.40. The molecule has 5 rings (SSSR count). The Kier molecular flexibility index (Phi) is 6.34. The number of carbonyl (C=O) groups excluding carboxylic acids is 3. The van der Waals surface area contributed by atoms with Crippen LogP contribution in [0.2, 0.25) is 0 Å². The summed E-state index contributed by atoms with van der Waals surface area (Å²) >= 11 is 0. The number of rotatable bonds is 1. The number of alkyl carbamates (subject to hydrolysis) is 1. The third-order valence-electron chi connectivity index (χ3n) is 12.9. The zero-order chi connectivity index (χ0) is 29.7. The lowest BCUT2D eigenvalue weighted by Crippen LogP contribution is -2.65. The van der Waals surface area contributed by atoms with Crippen molar-refractivity contribution in [3.63, 3.8) is 0 Å². The Balaban J connectivity index is 1.63. The molecule has 1 saturated heterocycles. The molecule has 8 atom stereocenters. The van der Waals surface area contributed by atoms with Crippen LogP contribution in [0.4, 0.5) is 4.79 Å². The molecule has 0 aromatic rings. The maximum absolute atomic E-state index is 14.3. The van der Waals surface area contributed by atoms with E-state index in [1.54, 1.807) is 0 Å². The molecule has 40 heavy (non-hydrogen) atoms. The predicted molar refractivity (Wildman–Crippen MR) is 151 cm³/mol. The van der Waals surface area contributed by atoms with Crippen molar-refractivity contribution in [1.82, 2.24) is 5.32 Å². The molecular formula is C33H48N2O5. The number of carbonyl (C=O) groups is 3. The van der Waals surface area contributed by atoms with Crippen LogP contribution >= 0.6 is 0 Å². The minimum absolute atomic E-state index is 0.0153. The summed E-state index contributed by atoms with van der Waals surface area (Å²) in [4.78, 5) is 40.2. The number of ether oxygens (including phenoxy) is 2. The lowest BCUT2D eigenvalue weighted by molar-refractivity contribution is -0.147. The van der Waals surface area contributed by atoms with Crippen molar-refractivity contribution in [2.45, 2.75) is 124 Å². The van der Waals surface area contributed by atoms with Gasteiger partial charge in [-0.15, -0.1) is 0 Å². The first-order valence-electron chi connectivity index (χ1n) is 15.1. The lowest BCUT2D eigenvalue weighted by Gasteiger charge is -2.65. The van der Waals surface area contributed by atoms with E-state index in [2.05, 4.69) is 52.9 Å². The third kappa shape index (κ3) is 3.73. The standard InChI is InChI=1S/C33H48N2O5/c1-27(2)12-10-20-21(36)18-23-31(7,30(20,6)17-16-29(5,15-14-27)35-26(38)39-9)13-11-22-28(3,4)24(37)33(19-34)25(40-33)32(22,23)8/h18,20,22,25H,10-17H2,1-9H3,(H,35,38)/t20?,22-,25+,29-,30+,31+,32-,33-/m0/s1. The minimum atomic E-state index is -1.42. The number of fused-ring (bicyclic) bond motifs is 7. The molecule has 0 bridgehead atoms. The van der Waals surface area contributed by atoms with Crippen molar-refractivity contribution >= 4 is 17.7 Å². The molecule has 5 aliphatic rings. The van der Waals surface area contributed by atoms with Crippen LogP contribution in [0.3, 0.4) is 0 Å². The van der Waals surface area contributed by atoms with Gasteiger partial charge in [0, 0.05) is 22.3 Å². The molecule has 0 radical (unpaired) electrons. The second-order valence-electron chi connectivity index (χ2n) is 15.9. The summed E-state index contributed by atoms with van der Waals surface area (Å²) in [6, 6.07) is 2.24. The molecule has 1 heterocycles. The molecule has 4 aliphatic carbocycles. The summed E-state index contributed by atoms with van der Waals surface area (Å²) in [5, 5.41) is 13.3. The van der Waals surface area contributed by atoms with Crippen LogP contribution in [0.25, 0.3) is 0 Å². The molecule has 220 valence electrons. The molecule has 0 spiro atoms. The van der Waals surface area contributed by atoms with Crippen molar-refractivity contribution < 1.29 is 23.9 Å². The normalized spacial score (nSPS) is 47.2. The van der Waals surface area contributed by atoms with Gasteiger partial charge in [-0.3, -0.25) is 9.59 Å². The number of nitrogens with zero attached hydrogens (tertiary/aromatic N) is 1. The Morgan fingerprint density at radius 2 is 1.62 bits per heavy atom. The van der Waals surface area contributed by atoms with E-state index in [0.717, 1.165) is 56.9 Å². The van der Waals surface area contributed by atoms with Crippen LogP contribution in [-0.4, -0.2) is 42.0 Å². The van der Waals surface area contributed by atoms with Gasteiger partial charge < -0.3 is 14.8 Å². The van der Waals surface area contributed by atoms with Crippen LogP contribution in [0, 0.1) is 50.2 Å². The fourth-order valence-corrected chi connectivity index (χ4v) is 9.84. The number of Topliss-reactive ketones (excluding diaryl/α,β-unsaturated/α-hetero) is 1. The molecule has 7 heteroatoms. The van der Waals surface area contributed by atoms with E-state index in [-0.39, 0.29) is 39.6 Å². The summed E-state index contributed by atoms with van der Waals surface area (Å²) in [5.74, 6) is -0.108. The highest BCUT2D eigenvalue weighted by Crippen LogP contribution is 2.75. The van der Waals surface area contributed by atoms with Crippen LogP contribution < -0.4 is 5.32 Å². The third-order valence-corrected chi connectivity index (χ3v) is 12.9. The number of hydrogen-bond donors (Lipinski definition) is 1. The van der Waals surface area contributed by atoms with Gasteiger partial charge in [0.2, 0.25) is 5.60 Å². The van der Waals surface area contributed by atoms with Gasteiger partial charge in [0.05, 0.1) is 7.11 Å². The number of nitriles is 1. The predicted octanol–water partition coefficient (Wildman–Crippen LogP) is 6.31. The molecule has 1 N–H and O–H groups in total. The van der Waals surface area contributed by atoms with Gasteiger partial charge in [-0.1, -0.05) is 54.0 Å². The topological polar surface area (TPSA) is 109 Å². The van der Waals surface area contributed by atoms with Crippen molar-refractivity contribution in [1.29, 1.82) is 5.26 Å². The van der Waals surface area contributed by atoms with Crippen LogP contribution in [0.15, 0.2) is 11.6 Å². The first-order chi connectivity index (χ1) is 18.4. The molecule has 7 nitrogen and oxygen atoms in total. The highest BCUT2D eigenvalue weighted by molar-refractivity contribution is 6.01. The van der Waals surface area contributed by atoms with E-state index in [1.807, 2.05) is 19.9 Å². The first kappa shape index (κ1) is 29.3. The Bertz CT molecular complexity index is 1230. The summed E-state index contributed by atoms with van der Waals surface area (Å²) in [6.45, 7) is 17.3. The van der Waals surface area contributed by atoms with Gasteiger partial charge in [0.15, 0.2) is 11.6 Å². The smallest absolute Gasteiger partial charge is 0.407 e. The van der Waals surface area contributed by atoms with Crippen molar-refractivity contribution in [2.24, 2.45) is 38.9 Å². The molecule has 1 aliphatic heterocycles. The summed E-state index contributed by atoms with van der Waals surface area (Å²) < 4.78 is 11.1. The van der Waals surface area contributed by atoms with Crippen molar-refractivity contribution in [3.05, 3.63) is 11.6 Å². The average molecular weight is 553 g/mol. The number of ketones is 2. The van der Waals surface area contributed by atoms with Crippen molar-refractivity contribution in [3.8, 4) is 6.07 Å². The molecular weight excluding hydrogens is 504 g/mol. The molecule has 1 unspecified atom stereocenters. The Morgan fingerprint density at radius 1 is 0.975 bits per heavy atom. The maximum atomic E-state index is 14.3. The number of hydrogen-bond acceptors (Lipinski definition) is 6. The van der Waals surface area contributed by atoms with E-state index < -0.39 is 34.2 Å². The first-order valence-corrected chi connectivity index (χ1v) is 15.1. The second-order valence-corrected chi connectivity index (χ2v) is 15.9. The van der Waals surface area contributed by atoms with Gasteiger partial charge in [0.25, 0.3) is 0 Å². The monoisotopic (exact) mass is 552 g/mol. The number of methoxy groups -OCH3 is 1. The Labute approximate surface area is 239 Å². The number of nitrogens with one attached hydrogen (secondary N) is 1. The highest BCUT2D eigenvalue weighted by Gasteiger charge is 2.82. The number of allylic oxidation sites excluding steroid dienone is 1. The molecule has 4 fully saturated rings. The van der Waals surface area contributed by atoms with E-state index in [9.17, 15) is 19.6 Å². The average Bonchev–Trinajstić information content (AvgIpc) is 3.64.